The molecule has 1 fully saturated rings. The SMILES string of the molecule is Cc1ccc(CN(CCc2ccccc2)C(=O)CN(CCN2CCCC2)S(=O)(=O)c2ccccc2)o1. The molecule has 1 amide bonds. The molecule has 0 radical (unpaired) electrons. The van der Waals surface area contributed by atoms with Crippen LogP contribution in [0, 0.1) is 6.92 Å². The van der Waals surface area contributed by atoms with Crippen molar-refractivity contribution < 1.29 is 17.6 Å². The molecule has 0 unspecified atom stereocenters. The van der Waals surface area contributed by atoms with E-state index in [1.807, 2.05) is 49.4 Å². The number of carbonyl (C=O) groups is 1. The Morgan fingerprint density at radius 1 is 0.917 bits per heavy atom. The minimum Gasteiger partial charge on any atom is -0.464 e. The van der Waals surface area contributed by atoms with E-state index in [1.54, 1.807) is 35.2 Å². The molecule has 3 aromatic rings. The van der Waals surface area contributed by atoms with Crippen molar-refractivity contribution in [2.75, 3.05) is 39.3 Å². The standard InChI is InChI=1S/C28H35N3O4S/c1-24-14-15-26(35-24)22-30(19-16-25-10-4-2-5-11-25)28(32)23-31(21-20-29-17-8-9-18-29)36(33,34)27-12-6-3-7-13-27/h2-7,10-15H,8-9,16-23H2,1H3. The zero-order chi connectivity index (χ0) is 25.4. The Kier molecular flexibility index (Phi) is 8.96. The Hall–Kier alpha value is -2.94. The number of sulfonamides is 1. The number of amides is 1. The first-order chi connectivity index (χ1) is 17.4. The molecule has 8 heteroatoms. The molecular formula is C28H35N3O4S. The molecule has 0 bridgehead atoms. The van der Waals surface area contributed by atoms with Gasteiger partial charge in [0, 0.05) is 19.6 Å². The highest BCUT2D eigenvalue weighted by atomic mass is 32.2. The molecule has 2 aromatic carbocycles. The van der Waals surface area contributed by atoms with Gasteiger partial charge >= 0.3 is 0 Å². The average Bonchev–Trinajstić information content (AvgIpc) is 3.56. The molecule has 7 nitrogen and oxygen atoms in total. The quantitative estimate of drug-likeness (QED) is 0.370. The number of carbonyl (C=O) groups excluding carboxylic acids is 1. The monoisotopic (exact) mass is 509 g/mol. The molecular weight excluding hydrogens is 474 g/mol. The van der Waals surface area contributed by atoms with E-state index in [0.29, 0.717) is 31.8 Å². The Balaban J connectivity index is 1.53. The predicted molar refractivity (Wildman–Crippen MR) is 140 cm³/mol. The van der Waals surface area contributed by atoms with Gasteiger partial charge in [-0.05, 0) is 69.1 Å². The van der Waals surface area contributed by atoms with Gasteiger partial charge < -0.3 is 14.2 Å². The van der Waals surface area contributed by atoms with Crippen molar-refractivity contribution in [1.29, 1.82) is 0 Å². The molecule has 192 valence electrons. The number of hydrogen-bond acceptors (Lipinski definition) is 5. The van der Waals surface area contributed by atoms with Gasteiger partial charge in [-0.15, -0.1) is 0 Å². The summed E-state index contributed by atoms with van der Waals surface area (Å²) < 4.78 is 34.2. The smallest absolute Gasteiger partial charge is 0.243 e. The van der Waals surface area contributed by atoms with Crippen molar-refractivity contribution in [3.05, 3.63) is 89.9 Å². The first-order valence-corrected chi connectivity index (χ1v) is 14.0. The number of benzene rings is 2. The van der Waals surface area contributed by atoms with Crippen LogP contribution in [0.4, 0.5) is 0 Å². The lowest BCUT2D eigenvalue weighted by atomic mass is 10.1. The second kappa shape index (κ2) is 12.3. The van der Waals surface area contributed by atoms with Crippen molar-refractivity contribution in [2.45, 2.75) is 37.6 Å². The molecule has 4 rings (SSSR count). The van der Waals surface area contributed by atoms with Crippen molar-refractivity contribution in [3.63, 3.8) is 0 Å². The lowest BCUT2D eigenvalue weighted by Gasteiger charge is -2.28. The van der Waals surface area contributed by atoms with Crippen LogP contribution in [-0.4, -0.2) is 67.7 Å². The van der Waals surface area contributed by atoms with E-state index >= 15 is 0 Å². The third-order valence-electron chi connectivity index (χ3n) is 6.57. The van der Waals surface area contributed by atoms with Crippen LogP contribution in [0.5, 0.6) is 0 Å². The Labute approximate surface area is 214 Å². The van der Waals surface area contributed by atoms with Gasteiger partial charge in [0.1, 0.15) is 11.5 Å². The molecule has 0 spiro atoms. The maximum absolute atomic E-state index is 13.6. The van der Waals surface area contributed by atoms with Crippen molar-refractivity contribution in [2.24, 2.45) is 0 Å². The summed E-state index contributed by atoms with van der Waals surface area (Å²) in [5.74, 6) is 1.23. The number of nitrogens with zero attached hydrogens (tertiary/aromatic N) is 3. The summed E-state index contributed by atoms with van der Waals surface area (Å²) in [5.41, 5.74) is 1.12. The van der Waals surface area contributed by atoms with Gasteiger partial charge in [0.2, 0.25) is 15.9 Å². The summed E-state index contributed by atoms with van der Waals surface area (Å²) in [4.78, 5) is 17.8. The van der Waals surface area contributed by atoms with Crippen LogP contribution in [0.1, 0.15) is 29.9 Å². The fraction of sp³-hybridized carbons (Fsp3) is 0.393. The molecule has 0 aliphatic carbocycles. The maximum Gasteiger partial charge on any atom is 0.243 e. The van der Waals surface area contributed by atoms with Crippen LogP contribution in [0.3, 0.4) is 0 Å². The van der Waals surface area contributed by atoms with Gasteiger partial charge in [0.25, 0.3) is 0 Å². The van der Waals surface area contributed by atoms with Crippen molar-refractivity contribution >= 4 is 15.9 Å². The lowest BCUT2D eigenvalue weighted by molar-refractivity contribution is -0.132. The highest BCUT2D eigenvalue weighted by molar-refractivity contribution is 7.89. The van der Waals surface area contributed by atoms with E-state index in [9.17, 15) is 13.2 Å². The van der Waals surface area contributed by atoms with Crippen LogP contribution >= 0.6 is 0 Å². The minimum atomic E-state index is -3.82. The molecule has 0 saturated carbocycles. The number of furan rings is 1. The van der Waals surface area contributed by atoms with Gasteiger partial charge in [-0.3, -0.25) is 4.79 Å². The van der Waals surface area contributed by atoms with Gasteiger partial charge in [-0.1, -0.05) is 48.5 Å². The lowest BCUT2D eigenvalue weighted by Crippen LogP contribution is -2.45. The maximum atomic E-state index is 13.6. The van der Waals surface area contributed by atoms with E-state index in [4.69, 9.17) is 4.42 Å². The number of likely N-dealkylation sites (tertiary alicyclic amines) is 1. The summed E-state index contributed by atoms with van der Waals surface area (Å²) in [6.07, 6.45) is 2.92. The molecule has 1 aliphatic heterocycles. The van der Waals surface area contributed by atoms with E-state index in [0.717, 1.165) is 37.3 Å². The van der Waals surface area contributed by atoms with Crippen molar-refractivity contribution in [1.82, 2.24) is 14.1 Å². The van der Waals surface area contributed by atoms with Gasteiger partial charge in [0.05, 0.1) is 18.0 Å². The Bertz CT molecular complexity index is 1210. The summed E-state index contributed by atoms with van der Waals surface area (Å²) in [6, 6.07) is 22.1. The van der Waals surface area contributed by atoms with Crippen LogP contribution < -0.4 is 0 Å². The van der Waals surface area contributed by atoms with Crippen LogP contribution in [0.2, 0.25) is 0 Å². The predicted octanol–water partition coefficient (Wildman–Crippen LogP) is 3.95. The van der Waals surface area contributed by atoms with E-state index in [2.05, 4.69) is 4.90 Å². The Morgan fingerprint density at radius 2 is 1.58 bits per heavy atom. The second-order valence-electron chi connectivity index (χ2n) is 9.26. The van der Waals surface area contributed by atoms with Crippen LogP contribution in [0.15, 0.2) is 82.1 Å². The Morgan fingerprint density at radius 3 is 2.22 bits per heavy atom. The summed E-state index contributed by atoms with van der Waals surface area (Å²) in [7, 11) is -3.82. The summed E-state index contributed by atoms with van der Waals surface area (Å²) in [5, 5.41) is 0. The number of rotatable bonds is 12. The summed E-state index contributed by atoms with van der Waals surface area (Å²) in [6.45, 7) is 5.24. The largest absolute Gasteiger partial charge is 0.464 e. The second-order valence-corrected chi connectivity index (χ2v) is 11.2. The zero-order valence-corrected chi connectivity index (χ0v) is 21.7. The third kappa shape index (κ3) is 7.06. The first kappa shape index (κ1) is 26.1. The molecule has 0 atom stereocenters. The summed E-state index contributed by atoms with van der Waals surface area (Å²) >= 11 is 0. The topological polar surface area (TPSA) is 74.1 Å². The molecule has 1 aliphatic rings. The molecule has 2 heterocycles. The fourth-order valence-electron chi connectivity index (χ4n) is 4.49. The van der Waals surface area contributed by atoms with E-state index < -0.39 is 10.0 Å². The van der Waals surface area contributed by atoms with E-state index in [1.165, 1.54) is 4.31 Å². The zero-order valence-electron chi connectivity index (χ0n) is 20.9. The first-order valence-electron chi connectivity index (χ1n) is 12.6. The fourth-order valence-corrected chi connectivity index (χ4v) is 5.90. The molecule has 0 N–H and O–H groups in total. The van der Waals surface area contributed by atoms with Crippen LogP contribution in [-0.2, 0) is 27.8 Å². The van der Waals surface area contributed by atoms with Gasteiger partial charge in [-0.2, -0.15) is 4.31 Å². The minimum absolute atomic E-state index is 0.205. The number of aryl methyl sites for hydroxylation is 1. The van der Waals surface area contributed by atoms with Gasteiger partial charge in [-0.25, -0.2) is 8.42 Å². The third-order valence-corrected chi connectivity index (χ3v) is 8.42. The highest BCUT2D eigenvalue weighted by Crippen LogP contribution is 2.18. The molecule has 1 aromatic heterocycles. The molecule has 1 saturated heterocycles. The number of hydrogen-bond donors (Lipinski definition) is 0. The van der Waals surface area contributed by atoms with Crippen molar-refractivity contribution in [3.8, 4) is 0 Å². The average molecular weight is 510 g/mol. The van der Waals surface area contributed by atoms with Crippen LogP contribution in [0.25, 0.3) is 0 Å². The highest BCUT2D eigenvalue weighted by Gasteiger charge is 2.29. The van der Waals surface area contributed by atoms with Gasteiger partial charge in [0.15, 0.2) is 0 Å². The normalized spacial score (nSPS) is 14.4. The molecule has 36 heavy (non-hydrogen) atoms. The van der Waals surface area contributed by atoms with E-state index in [-0.39, 0.29) is 23.9 Å².